The van der Waals surface area contributed by atoms with Crippen LogP contribution in [0.4, 0.5) is 11.4 Å². The molecule has 0 atom stereocenters. The third-order valence-electron chi connectivity index (χ3n) is 4.93. The summed E-state index contributed by atoms with van der Waals surface area (Å²) in [5.74, 6) is -0.285. The van der Waals surface area contributed by atoms with Crippen LogP contribution in [-0.4, -0.2) is 32.7 Å². The number of anilines is 2. The summed E-state index contributed by atoms with van der Waals surface area (Å²) in [7, 11) is 1.77. The van der Waals surface area contributed by atoms with Gasteiger partial charge in [-0.1, -0.05) is 37.3 Å². The van der Waals surface area contributed by atoms with Crippen LogP contribution in [0.5, 0.6) is 0 Å². The van der Waals surface area contributed by atoms with E-state index < -0.39 is 0 Å². The van der Waals surface area contributed by atoms with E-state index in [-0.39, 0.29) is 34.6 Å². The molecule has 0 unspecified atom stereocenters. The topological polar surface area (TPSA) is 85.1 Å². The van der Waals surface area contributed by atoms with Crippen LogP contribution >= 0.6 is 11.8 Å². The Kier molecular flexibility index (Phi) is 7.36. The monoisotopic (exact) mass is 438 g/mol. The number of rotatable bonds is 8. The van der Waals surface area contributed by atoms with E-state index in [0.29, 0.717) is 5.69 Å². The lowest BCUT2D eigenvalue weighted by molar-refractivity contribution is -0.114. The molecule has 3 aromatic rings. The van der Waals surface area contributed by atoms with Crippen molar-refractivity contribution in [2.75, 3.05) is 22.1 Å². The second-order valence-corrected chi connectivity index (χ2v) is 8.06. The minimum absolute atomic E-state index is 0.0707. The first-order valence-electron chi connectivity index (χ1n) is 10.0. The highest BCUT2D eigenvalue weighted by molar-refractivity contribution is 8.00. The number of para-hydroxylation sites is 1. The number of aryl methyl sites for hydroxylation is 1. The van der Waals surface area contributed by atoms with Crippen LogP contribution in [-0.2, 0) is 23.1 Å². The number of benzene rings is 2. The van der Waals surface area contributed by atoms with Crippen molar-refractivity contribution in [2.45, 2.75) is 20.3 Å². The summed E-state index contributed by atoms with van der Waals surface area (Å²) < 4.78 is 3.22. The molecule has 2 aromatic carbocycles. The SMILES string of the molecule is CCc1ccc(NC(=O)CSCC(=O)Nc2c(C)n(C)n(-c3ccccc3)c2=O)cc1. The van der Waals surface area contributed by atoms with Gasteiger partial charge in [-0.25, -0.2) is 4.68 Å². The van der Waals surface area contributed by atoms with Crippen molar-refractivity contribution in [1.82, 2.24) is 9.36 Å². The summed E-state index contributed by atoms with van der Waals surface area (Å²) in [6.07, 6.45) is 0.941. The van der Waals surface area contributed by atoms with Crippen LogP contribution in [0.3, 0.4) is 0 Å². The lowest BCUT2D eigenvalue weighted by atomic mass is 10.1. The molecule has 0 bridgehead atoms. The summed E-state index contributed by atoms with van der Waals surface area (Å²) >= 11 is 1.19. The zero-order valence-electron chi connectivity index (χ0n) is 17.8. The van der Waals surface area contributed by atoms with Gasteiger partial charge in [0, 0.05) is 12.7 Å². The molecule has 2 amide bonds. The third-order valence-corrected chi connectivity index (χ3v) is 5.86. The Hall–Kier alpha value is -3.26. The number of carbonyl (C=O) groups is 2. The highest BCUT2D eigenvalue weighted by atomic mass is 32.2. The molecule has 2 N–H and O–H groups in total. The van der Waals surface area contributed by atoms with Crippen LogP contribution in [0, 0.1) is 6.92 Å². The number of nitrogens with zero attached hydrogens (tertiary/aromatic N) is 2. The van der Waals surface area contributed by atoms with Crippen molar-refractivity contribution < 1.29 is 9.59 Å². The van der Waals surface area contributed by atoms with Crippen LogP contribution in [0.1, 0.15) is 18.2 Å². The molecule has 0 aliphatic heterocycles. The van der Waals surface area contributed by atoms with E-state index in [2.05, 4.69) is 17.6 Å². The van der Waals surface area contributed by atoms with Gasteiger partial charge in [0.05, 0.1) is 22.9 Å². The standard InChI is InChI=1S/C23H26N4O3S/c1-4-17-10-12-18(13-11-17)24-20(28)14-31-15-21(29)25-22-16(2)26(3)27(23(22)30)19-8-6-5-7-9-19/h5-13H,4,14-15H2,1-3H3,(H,24,28)(H,25,29). The van der Waals surface area contributed by atoms with Crippen molar-refractivity contribution in [3.8, 4) is 5.69 Å². The summed E-state index contributed by atoms with van der Waals surface area (Å²) in [6, 6.07) is 16.9. The molecule has 8 heteroatoms. The highest BCUT2D eigenvalue weighted by Gasteiger charge is 2.18. The van der Waals surface area contributed by atoms with Crippen molar-refractivity contribution in [1.29, 1.82) is 0 Å². The maximum absolute atomic E-state index is 12.8. The van der Waals surface area contributed by atoms with E-state index in [0.717, 1.165) is 17.8 Å². The molecule has 0 aliphatic rings. The summed E-state index contributed by atoms with van der Waals surface area (Å²) in [4.78, 5) is 37.3. The molecular formula is C23H26N4O3S. The molecule has 31 heavy (non-hydrogen) atoms. The Morgan fingerprint density at radius 1 is 0.935 bits per heavy atom. The largest absolute Gasteiger partial charge is 0.325 e. The lowest BCUT2D eigenvalue weighted by Crippen LogP contribution is -2.24. The average molecular weight is 439 g/mol. The van der Waals surface area contributed by atoms with Crippen LogP contribution in [0.15, 0.2) is 59.4 Å². The predicted octanol–water partition coefficient (Wildman–Crippen LogP) is 3.36. The maximum Gasteiger partial charge on any atom is 0.295 e. The maximum atomic E-state index is 12.8. The predicted molar refractivity (Wildman–Crippen MR) is 126 cm³/mol. The zero-order chi connectivity index (χ0) is 22.4. The first-order chi connectivity index (χ1) is 14.9. The quantitative estimate of drug-likeness (QED) is 0.565. The van der Waals surface area contributed by atoms with E-state index in [1.807, 2.05) is 54.6 Å². The Morgan fingerprint density at radius 2 is 1.55 bits per heavy atom. The lowest BCUT2D eigenvalue weighted by Gasteiger charge is -2.07. The highest BCUT2D eigenvalue weighted by Crippen LogP contribution is 2.15. The number of hydrogen-bond acceptors (Lipinski definition) is 4. The van der Waals surface area contributed by atoms with Gasteiger partial charge in [0.15, 0.2) is 0 Å². The fraction of sp³-hybridized carbons (Fsp3) is 0.261. The fourth-order valence-electron chi connectivity index (χ4n) is 3.15. The van der Waals surface area contributed by atoms with Crippen molar-refractivity contribution >= 4 is 35.0 Å². The van der Waals surface area contributed by atoms with Gasteiger partial charge in [-0.15, -0.1) is 11.8 Å². The molecular weight excluding hydrogens is 412 g/mol. The molecule has 0 saturated carbocycles. The Morgan fingerprint density at radius 3 is 2.16 bits per heavy atom. The minimum atomic E-state index is -0.323. The molecule has 7 nitrogen and oxygen atoms in total. The van der Waals surface area contributed by atoms with Crippen LogP contribution in [0.25, 0.3) is 5.69 Å². The number of nitrogens with one attached hydrogen (secondary N) is 2. The van der Waals surface area contributed by atoms with Crippen LogP contribution in [0.2, 0.25) is 0 Å². The number of aromatic nitrogens is 2. The summed E-state index contributed by atoms with van der Waals surface area (Å²) in [6.45, 7) is 3.85. The molecule has 0 aliphatic carbocycles. The third kappa shape index (κ3) is 5.46. The molecule has 1 heterocycles. The Balaban J connectivity index is 1.55. The van der Waals surface area contributed by atoms with Gasteiger partial charge in [0.1, 0.15) is 5.69 Å². The molecule has 162 valence electrons. The first-order valence-corrected chi connectivity index (χ1v) is 11.2. The molecule has 0 spiro atoms. The number of thioether (sulfide) groups is 1. The molecule has 0 radical (unpaired) electrons. The van der Waals surface area contributed by atoms with Crippen molar-refractivity contribution in [3.63, 3.8) is 0 Å². The average Bonchev–Trinajstić information content (AvgIpc) is 2.98. The molecule has 0 saturated heterocycles. The Bertz CT molecular complexity index is 1120. The van der Waals surface area contributed by atoms with E-state index in [4.69, 9.17) is 0 Å². The van der Waals surface area contributed by atoms with Gasteiger partial charge < -0.3 is 10.6 Å². The number of hydrogen-bond donors (Lipinski definition) is 2. The van der Waals surface area contributed by atoms with Gasteiger partial charge >= 0.3 is 0 Å². The van der Waals surface area contributed by atoms with E-state index >= 15 is 0 Å². The van der Waals surface area contributed by atoms with Crippen molar-refractivity contribution in [3.05, 3.63) is 76.2 Å². The van der Waals surface area contributed by atoms with Crippen molar-refractivity contribution in [2.24, 2.45) is 7.05 Å². The van der Waals surface area contributed by atoms with Gasteiger partial charge in [-0.2, -0.15) is 0 Å². The zero-order valence-corrected chi connectivity index (χ0v) is 18.7. The second kappa shape index (κ2) is 10.2. The first kappa shape index (κ1) is 22.4. The fourth-order valence-corrected chi connectivity index (χ4v) is 3.76. The molecule has 0 fully saturated rings. The number of amides is 2. The normalized spacial score (nSPS) is 10.7. The van der Waals surface area contributed by atoms with E-state index in [1.54, 1.807) is 18.7 Å². The van der Waals surface area contributed by atoms with Gasteiger partial charge in [-0.05, 0) is 43.2 Å². The van der Waals surface area contributed by atoms with Gasteiger partial charge in [0.25, 0.3) is 5.56 Å². The minimum Gasteiger partial charge on any atom is -0.325 e. The molecule has 3 rings (SSSR count). The summed E-state index contributed by atoms with van der Waals surface area (Å²) in [5, 5.41) is 5.52. The number of carbonyl (C=O) groups excluding carboxylic acids is 2. The summed E-state index contributed by atoms with van der Waals surface area (Å²) in [5.41, 5.74) is 3.26. The van der Waals surface area contributed by atoms with Gasteiger partial charge in [-0.3, -0.25) is 19.1 Å². The van der Waals surface area contributed by atoms with E-state index in [1.165, 1.54) is 22.0 Å². The second-order valence-electron chi connectivity index (χ2n) is 7.08. The van der Waals surface area contributed by atoms with Gasteiger partial charge in [0.2, 0.25) is 11.8 Å². The van der Waals surface area contributed by atoms with Crippen LogP contribution < -0.4 is 16.2 Å². The smallest absolute Gasteiger partial charge is 0.295 e. The Labute approximate surface area is 185 Å². The van der Waals surface area contributed by atoms with E-state index in [9.17, 15) is 14.4 Å². The molecule has 1 aromatic heterocycles.